The number of benzene rings is 2. The normalized spacial score (nSPS) is 11.2. The van der Waals surface area contributed by atoms with Gasteiger partial charge in [-0.25, -0.2) is 13.6 Å². The molecule has 140 valence electrons. The van der Waals surface area contributed by atoms with Crippen LogP contribution in [-0.2, 0) is 16.6 Å². The Bertz CT molecular complexity index is 1050. The molecule has 0 unspecified atom stereocenters. The monoisotopic (exact) mass is 421 g/mol. The first-order valence-corrected chi connectivity index (χ1v) is 10.1. The number of halogens is 1. The molecule has 0 atom stereocenters. The zero-order valence-electron chi connectivity index (χ0n) is 14.0. The minimum Gasteiger partial charge on any atom is -0.332 e. The number of thiocarbonyl (C=S) groups is 1. The van der Waals surface area contributed by atoms with Gasteiger partial charge in [0.1, 0.15) is 0 Å². The van der Waals surface area contributed by atoms with E-state index in [4.69, 9.17) is 29.0 Å². The molecule has 0 aliphatic heterocycles. The molecule has 0 saturated carbocycles. The molecule has 3 aromatic rings. The summed E-state index contributed by atoms with van der Waals surface area (Å²) in [6.45, 7) is 0.605. The van der Waals surface area contributed by atoms with E-state index in [-0.39, 0.29) is 4.90 Å². The van der Waals surface area contributed by atoms with Crippen LogP contribution in [0.4, 0.5) is 11.5 Å². The first kappa shape index (κ1) is 19.3. The molecule has 0 amide bonds. The van der Waals surface area contributed by atoms with Crippen molar-refractivity contribution < 1.29 is 8.42 Å². The van der Waals surface area contributed by atoms with E-state index in [0.717, 1.165) is 5.56 Å². The third kappa shape index (κ3) is 5.51. The Morgan fingerprint density at radius 1 is 1.07 bits per heavy atom. The second-order valence-corrected chi connectivity index (χ2v) is 8.08. The Morgan fingerprint density at radius 2 is 1.74 bits per heavy atom. The van der Waals surface area contributed by atoms with E-state index in [1.807, 2.05) is 30.5 Å². The van der Waals surface area contributed by atoms with Crippen molar-refractivity contribution in [3.63, 3.8) is 0 Å². The van der Waals surface area contributed by atoms with Gasteiger partial charge in [-0.3, -0.25) is 4.68 Å². The Kier molecular flexibility index (Phi) is 5.76. The molecule has 1 aromatic heterocycles. The molecule has 1 heterocycles. The topological polar surface area (TPSA) is 102 Å². The highest BCUT2D eigenvalue weighted by Gasteiger charge is 2.08. The lowest BCUT2D eigenvalue weighted by molar-refractivity contribution is 0.598. The predicted molar refractivity (Wildman–Crippen MR) is 110 cm³/mol. The van der Waals surface area contributed by atoms with Crippen LogP contribution in [0.5, 0.6) is 0 Å². The van der Waals surface area contributed by atoms with Crippen molar-refractivity contribution >= 4 is 50.5 Å². The number of hydrogen-bond donors (Lipinski definition) is 3. The van der Waals surface area contributed by atoms with Gasteiger partial charge in [0.15, 0.2) is 10.9 Å². The van der Waals surface area contributed by atoms with Gasteiger partial charge in [0.2, 0.25) is 10.0 Å². The fourth-order valence-electron chi connectivity index (χ4n) is 2.30. The quantitative estimate of drug-likeness (QED) is 0.547. The van der Waals surface area contributed by atoms with Crippen molar-refractivity contribution in [2.24, 2.45) is 5.14 Å². The zero-order valence-corrected chi connectivity index (χ0v) is 16.4. The average molecular weight is 422 g/mol. The first-order valence-electron chi connectivity index (χ1n) is 7.78. The Labute approximate surface area is 167 Å². The molecule has 4 N–H and O–H groups in total. The molecule has 0 saturated heterocycles. The smallest absolute Gasteiger partial charge is 0.238 e. The number of nitrogens with one attached hydrogen (secondary N) is 2. The second-order valence-electron chi connectivity index (χ2n) is 5.67. The van der Waals surface area contributed by atoms with Crippen LogP contribution in [0, 0.1) is 0 Å². The number of primary sulfonamides is 1. The molecule has 7 nitrogen and oxygen atoms in total. The van der Waals surface area contributed by atoms with E-state index in [9.17, 15) is 8.42 Å². The summed E-state index contributed by atoms with van der Waals surface area (Å²) >= 11 is 11.1. The molecule has 0 fully saturated rings. The fourth-order valence-corrected chi connectivity index (χ4v) is 3.16. The number of nitrogens with two attached hydrogens (primary N) is 1. The van der Waals surface area contributed by atoms with Crippen molar-refractivity contribution in [1.82, 2.24) is 9.78 Å². The molecule has 3 rings (SSSR count). The maximum atomic E-state index is 11.3. The first-order chi connectivity index (χ1) is 12.8. The van der Waals surface area contributed by atoms with Crippen molar-refractivity contribution in [3.8, 4) is 0 Å². The number of sulfonamides is 1. The summed E-state index contributed by atoms with van der Waals surface area (Å²) in [4.78, 5) is 0.0351. The standard InChI is InChI=1S/C17H16ClN5O2S2/c18-13-3-1-12(2-4-13)11-23-10-9-16(22-23)21-17(26)20-14-5-7-15(8-6-14)27(19,24)25/h1-10H,11H2,(H2,19,24,25)(H2,20,21,22,26). The highest BCUT2D eigenvalue weighted by Crippen LogP contribution is 2.14. The summed E-state index contributed by atoms with van der Waals surface area (Å²) in [7, 11) is -3.72. The van der Waals surface area contributed by atoms with Gasteiger partial charge in [-0.2, -0.15) is 5.10 Å². The number of rotatable bonds is 5. The Morgan fingerprint density at radius 3 is 2.37 bits per heavy atom. The molecule has 2 aromatic carbocycles. The van der Waals surface area contributed by atoms with Gasteiger partial charge < -0.3 is 10.6 Å². The SMILES string of the molecule is NS(=O)(=O)c1ccc(NC(=S)Nc2ccn(Cc3ccc(Cl)cc3)n2)cc1. The largest absolute Gasteiger partial charge is 0.332 e. The van der Waals surface area contributed by atoms with E-state index < -0.39 is 10.0 Å². The number of nitrogens with zero attached hydrogens (tertiary/aromatic N) is 2. The van der Waals surface area contributed by atoms with Gasteiger partial charge in [-0.15, -0.1) is 0 Å². The molecular formula is C17H16ClN5O2S2. The summed E-state index contributed by atoms with van der Waals surface area (Å²) in [5.74, 6) is 0.586. The molecule has 0 spiro atoms. The second kappa shape index (κ2) is 8.05. The summed E-state index contributed by atoms with van der Waals surface area (Å²) in [6.07, 6.45) is 1.83. The predicted octanol–water partition coefficient (Wildman–Crippen LogP) is 3.04. The van der Waals surface area contributed by atoms with Gasteiger partial charge in [0.05, 0.1) is 11.4 Å². The van der Waals surface area contributed by atoms with Crippen molar-refractivity contribution in [3.05, 3.63) is 71.4 Å². The summed E-state index contributed by atoms with van der Waals surface area (Å²) in [6, 6.07) is 15.3. The molecule has 10 heteroatoms. The van der Waals surface area contributed by atoms with Gasteiger partial charge in [0.25, 0.3) is 0 Å². The van der Waals surface area contributed by atoms with E-state index in [0.29, 0.717) is 28.2 Å². The lowest BCUT2D eigenvalue weighted by atomic mass is 10.2. The van der Waals surface area contributed by atoms with Gasteiger partial charge in [-0.1, -0.05) is 23.7 Å². The van der Waals surface area contributed by atoms with Crippen LogP contribution in [-0.4, -0.2) is 23.3 Å². The lowest BCUT2D eigenvalue weighted by Crippen LogP contribution is -2.19. The van der Waals surface area contributed by atoms with Gasteiger partial charge in [0, 0.05) is 23.0 Å². The Hall–Kier alpha value is -2.46. The van der Waals surface area contributed by atoms with E-state index in [1.165, 1.54) is 12.1 Å². The molecule has 0 radical (unpaired) electrons. The summed E-state index contributed by atoms with van der Waals surface area (Å²) in [5, 5.41) is 16.4. The average Bonchev–Trinajstić information content (AvgIpc) is 3.03. The zero-order chi connectivity index (χ0) is 19.4. The third-order valence-corrected chi connectivity index (χ3v) is 4.97. The minimum atomic E-state index is -3.72. The molecule has 0 bridgehead atoms. The number of aromatic nitrogens is 2. The van der Waals surface area contributed by atoms with Crippen LogP contribution >= 0.6 is 23.8 Å². The maximum absolute atomic E-state index is 11.3. The van der Waals surface area contributed by atoms with Crippen molar-refractivity contribution in [2.45, 2.75) is 11.4 Å². The Balaban J connectivity index is 1.58. The van der Waals surface area contributed by atoms with Crippen LogP contribution in [0.2, 0.25) is 5.02 Å². The van der Waals surface area contributed by atoms with Crippen LogP contribution in [0.15, 0.2) is 65.7 Å². The molecule has 0 aliphatic carbocycles. The fraction of sp³-hybridized carbons (Fsp3) is 0.0588. The van der Waals surface area contributed by atoms with Crippen LogP contribution in [0.1, 0.15) is 5.56 Å². The van der Waals surface area contributed by atoms with E-state index in [2.05, 4.69) is 15.7 Å². The summed E-state index contributed by atoms with van der Waals surface area (Å²) in [5.41, 5.74) is 1.70. The third-order valence-electron chi connectivity index (χ3n) is 3.58. The minimum absolute atomic E-state index is 0.0351. The lowest BCUT2D eigenvalue weighted by Gasteiger charge is -2.09. The van der Waals surface area contributed by atoms with Crippen molar-refractivity contribution in [2.75, 3.05) is 10.6 Å². The van der Waals surface area contributed by atoms with Gasteiger partial charge >= 0.3 is 0 Å². The number of hydrogen-bond acceptors (Lipinski definition) is 4. The highest BCUT2D eigenvalue weighted by atomic mass is 35.5. The van der Waals surface area contributed by atoms with Crippen LogP contribution in [0.3, 0.4) is 0 Å². The van der Waals surface area contributed by atoms with Crippen LogP contribution < -0.4 is 15.8 Å². The molecule has 27 heavy (non-hydrogen) atoms. The van der Waals surface area contributed by atoms with Crippen molar-refractivity contribution in [1.29, 1.82) is 0 Å². The highest BCUT2D eigenvalue weighted by molar-refractivity contribution is 7.89. The van der Waals surface area contributed by atoms with Crippen LogP contribution in [0.25, 0.3) is 0 Å². The number of anilines is 2. The summed E-state index contributed by atoms with van der Waals surface area (Å²) < 4.78 is 24.3. The maximum Gasteiger partial charge on any atom is 0.238 e. The molecule has 0 aliphatic rings. The van der Waals surface area contributed by atoms with Gasteiger partial charge in [-0.05, 0) is 54.2 Å². The molecular weight excluding hydrogens is 406 g/mol. The van der Waals surface area contributed by atoms with E-state index >= 15 is 0 Å². The van der Waals surface area contributed by atoms with E-state index in [1.54, 1.807) is 22.9 Å².